The summed E-state index contributed by atoms with van der Waals surface area (Å²) in [5, 5.41) is 19.8. The number of carbonyl (C=O) groups excluding carboxylic acids is 1. The number of nitro benzene ring substituents is 1. The van der Waals surface area contributed by atoms with Crippen LogP contribution in [0.2, 0.25) is 0 Å². The fraction of sp³-hybridized carbons (Fsp3) is 0.273. The zero-order valence-electron chi connectivity index (χ0n) is 10.1. The minimum atomic E-state index is -2.09. The van der Waals surface area contributed by atoms with E-state index in [1.54, 1.807) is 0 Å². The second-order valence-corrected chi connectivity index (χ2v) is 4.21. The van der Waals surface area contributed by atoms with Crippen LogP contribution in [0, 0.1) is 10.1 Å². The second kappa shape index (κ2) is 3.94. The van der Waals surface area contributed by atoms with E-state index in [0.29, 0.717) is 0 Å². The standard InChI is InChI=1S/C11H10N2O6/c1-11(10(15)16)9(14)12(2)7-4-3-6(13(17)18)5-8(7)19-11/h3-5H,1-2H3,(H,15,16). The van der Waals surface area contributed by atoms with Gasteiger partial charge in [0.05, 0.1) is 16.7 Å². The topological polar surface area (TPSA) is 110 Å². The second-order valence-electron chi connectivity index (χ2n) is 4.21. The van der Waals surface area contributed by atoms with Crippen LogP contribution < -0.4 is 9.64 Å². The van der Waals surface area contributed by atoms with Crippen molar-refractivity contribution in [1.29, 1.82) is 0 Å². The Bertz CT molecular complexity index is 599. The summed E-state index contributed by atoms with van der Waals surface area (Å²) in [7, 11) is 1.39. The molecule has 1 N–H and O–H groups in total. The first kappa shape index (κ1) is 12.8. The van der Waals surface area contributed by atoms with Crippen LogP contribution in [0.1, 0.15) is 6.92 Å². The maximum Gasteiger partial charge on any atom is 0.357 e. The Balaban J connectivity index is 2.57. The SMILES string of the molecule is CN1C(=O)C(C)(C(=O)O)Oc2cc([N+](=O)[O-])ccc21. The summed E-state index contributed by atoms with van der Waals surface area (Å²) in [5.41, 5.74) is -2.04. The highest BCUT2D eigenvalue weighted by atomic mass is 16.6. The zero-order chi connectivity index (χ0) is 14.4. The van der Waals surface area contributed by atoms with Crippen molar-refractivity contribution in [3.05, 3.63) is 28.3 Å². The molecule has 1 aliphatic rings. The molecular formula is C11H10N2O6. The molecule has 1 amide bonds. The van der Waals surface area contributed by atoms with E-state index >= 15 is 0 Å². The third-order valence-electron chi connectivity index (χ3n) is 2.95. The van der Waals surface area contributed by atoms with Crippen molar-refractivity contribution in [2.75, 3.05) is 11.9 Å². The van der Waals surface area contributed by atoms with Gasteiger partial charge >= 0.3 is 5.97 Å². The third-order valence-corrected chi connectivity index (χ3v) is 2.95. The molecule has 0 radical (unpaired) electrons. The van der Waals surface area contributed by atoms with Gasteiger partial charge < -0.3 is 14.7 Å². The summed E-state index contributed by atoms with van der Waals surface area (Å²) in [6.07, 6.45) is 0. The van der Waals surface area contributed by atoms with Gasteiger partial charge in [0, 0.05) is 13.1 Å². The van der Waals surface area contributed by atoms with Gasteiger partial charge in [-0.1, -0.05) is 0 Å². The van der Waals surface area contributed by atoms with Gasteiger partial charge in [-0.05, 0) is 13.0 Å². The molecule has 2 rings (SSSR count). The number of fused-ring (bicyclic) bond motifs is 1. The number of ether oxygens (including phenoxy) is 1. The van der Waals surface area contributed by atoms with Gasteiger partial charge in [0.15, 0.2) is 5.75 Å². The summed E-state index contributed by atoms with van der Waals surface area (Å²) in [4.78, 5) is 34.3. The summed E-state index contributed by atoms with van der Waals surface area (Å²) >= 11 is 0. The predicted octanol–water partition coefficient (Wildman–Crippen LogP) is 0.793. The van der Waals surface area contributed by atoms with E-state index in [9.17, 15) is 19.7 Å². The molecule has 1 aromatic rings. The number of carboxylic acids is 1. The average molecular weight is 266 g/mol. The van der Waals surface area contributed by atoms with Crippen LogP contribution in [0.5, 0.6) is 5.75 Å². The van der Waals surface area contributed by atoms with Crippen LogP contribution in [-0.2, 0) is 9.59 Å². The number of hydrogen-bond donors (Lipinski definition) is 1. The van der Waals surface area contributed by atoms with Gasteiger partial charge in [0.2, 0.25) is 0 Å². The fourth-order valence-electron chi connectivity index (χ4n) is 1.80. The van der Waals surface area contributed by atoms with Crippen molar-refractivity contribution in [2.45, 2.75) is 12.5 Å². The number of aliphatic carboxylic acids is 1. The van der Waals surface area contributed by atoms with Gasteiger partial charge in [-0.2, -0.15) is 0 Å². The molecule has 1 atom stereocenters. The number of amides is 1. The molecule has 1 aromatic carbocycles. The minimum absolute atomic E-state index is 0.0128. The fourth-order valence-corrected chi connectivity index (χ4v) is 1.80. The molecule has 0 saturated heterocycles. The quantitative estimate of drug-likeness (QED) is 0.481. The number of rotatable bonds is 2. The van der Waals surface area contributed by atoms with Crippen LogP contribution in [0.3, 0.4) is 0 Å². The highest BCUT2D eigenvalue weighted by Crippen LogP contribution is 2.39. The number of non-ortho nitro benzene ring substituents is 1. The molecule has 8 heteroatoms. The van der Waals surface area contributed by atoms with Gasteiger partial charge in [-0.3, -0.25) is 14.9 Å². The molecule has 1 unspecified atom stereocenters. The number of nitro groups is 1. The number of likely N-dealkylation sites (N-methyl/N-ethyl adjacent to an activating group) is 1. The van der Waals surface area contributed by atoms with Crippen LogP contribution in [-0.4, -0.2) is 34.6 Å². The van der Waals surface area contributed by atoms with E-state index in [1.807, 2.05) is 0 Å². The van der Waals surface area contributed by atoms with Crippen molar-refractivity contribution in [2.24, 2.45) is 0 Å². The summed E-state index contributed by atoms with van der Waals surface area (Å²) in [5.74, 6) is -2.22. The van der Waals surface area contributed by atoms with E-state index < -0.39 is 22.4 Å². The monoisotopic (exact) mass is 266 g/mol. The lowest BCUT2D eigenvalue weighted by Crippen LogP contribution is -2.57. The molecule has 19 heavy (non-hydrogen) atoms. The maximum absolute atomic E-state index is 12.0. The first-order chi connectivity index (χ1) is 8.77. The Labute approximate surface area is 107 Å². The van der Waals surface area contributed by atoms with Crippen LogP contribution in [0.4, 0.5) is 11.4 Å². The van der Waals surface area contributed by atoms with E-state index in [-0.39, 0.29) is 17.1 Å². The Morgan fingerprint density at radius 2 is 2.16 bits per heavy atom. The van der Waals surface area contributed by atoms with E-state index in [2.05, 4.69) is 0 Å². The third kappa shape index (κ3) is 1.77. The normalized spacial score (nSPS) is 21.6. The number of nitrogens with zero attached hydrogens (tertiary/aromatic N) is 2. The lowest BCUT2D eigenvalue weighted by Gasteiger charge is -2.35. The molecule has 0 spiro atoms. The first-order valence-corrected chi connectivity index (χ1v) is 5.26. The highest BCUT2D eigenvalue weighted by Gasteiger charge is 2.50. The predicted molar refractivity (Wildman–Crippen MR) is 63.2 cm³/mol. The molecule has 0 aliphatic carbocycles. The summed E-state index contributed by atoms with van der Waals surface area (Å²) in [6, 6.07) is 3.65. The molecule has 0 aromatic heterocycles. The highest BCUT2D eigenvalue weighted by molar-refractivity contribution is 6.14. The number of hydrogen-bond acceptors (Lipinski definition) is 5. The molecule has 0 bridgehead atoms. The largest absolute Gasteiger partial charge is 0.478 e. The zero-order valence-corrected chi connectivity index (χ0v) is 10.1. The van der Waals surface area contributed by atoms with Crippen molar-refractivity contribution in [3.8, 4) is 5.75 Å². The van der Waals surface area contributed by atoms with Crippen LogP contribution in [0.25, 0.3) is 0 Å². The van der Waals surface area contributed by atoms with E-state index in [4.69, 9.17) is 9.84 Å². The summed E-state index contributed by atoms with van der Waals surface area (Å²) in [6.45, 7) is 1.11. The van der Waals surface area contributed by atoms with Crippen molar-refractivity contribution in [1.82, 2.24) is 0 Å². The van der Waals surface area contributed by atoms with Crippen molar-refractivity contribution in [3.63, 3.8) is 0 Å². The van der Waals surface area contributed by atoms with Crippen LogP contribution in [0.15, 0.2) is 18.2 Å². The van der Waals surface area contributed by atoms with Gasteiger partial charge in [0.25, 0.3) is 17.2 Å². The van der Waals surface area contributed by atoms with E-state index in [1.165, 1.54) is 19.2 Å². The van der Waals surface area contributed by atoms with Gasteiger partial charge in [0.1, 0.15) is 0 Å². The molecule has 0 fully saturated rings. The maximum atomic E-state index is 12.0. The number of carbonyl (C=O) groups is 2. The Morgan fingerprint density at radius 3 is 2.68 bits per heavy atom. The van der Waals surface area contributed by atoms with Crippen molar-refractivity contribution < 1.29 is 24.4 Å². The first-order valence-electron chi connectivity index (χ1n) is 5.26. The van der Waals surface area contributed by atoms with Gasteiger partial charge in [-0.15, -0.1) is 0 Å². The van der Waals surface area contributed by atoms with Crippen molar-refractivity contribution >= 4 is 23.3 Å². The Morgan fingerprint density at radius 1 is 1.53 bits per heavy atom. The Kier molecular flexibility index (Phi) is 2.65. The lowest BCUT2D eigenvalue weighted by atomic mass is 10.0. The molecular weight excluding hydrogens is 256 g/mol. The number of carboxylic acid groups (broad SMARTS) is 1. The molecule has 0 saturated carbocycles. The Hall–Kier alpha value is -2.64. The molecule has 8 nitrogen and oxygen atoms in total. The van der Waals surface area contributed by atoms with E-state index in [0.717, 1.165) is 17.9 Å². The average Bonchev–Trinajstić information content (AvgIpc) is 2.35. The number of benzene rings is 1. The van der Waals surface area contributed by atoms with Gasteiger partial charge in [-0.25, -0.2) is 4.79 Å². The molecule has 1 aliphatic heterocycles. The number of anilines is 1. The molecule has 100 valence electrons. The minimum Gasteiger partial charge on any atom is -0.478 e. The summed E-state index contributed by atoms with van der Waals surface area (Å²) < 4.78 is 5.16. The lowest BCUT2D eigenvalue weighted by molar-refractivity contribution is -0.385. The molecule has 1 heterocycles. The smallest absolute Gasteiger partial charge is 0.357 e. The van der Waals surface area contributed by atoms with Crippen LogP contribution >= 0.6 is 0 Å².